The maximum absolute atomic E-state index is 13.5. The Morgan fingerprint density at radius 3 is 2.39 bits per heavy atom. The van der Waals surface area contributed by atoms with E-state index in [1.165, 1.54) is 20.3 Å². The van der Waals surface area contributed by atoms with Crippen LogP contribution in [-0.4, -0.2) is 150 Å². The van der Waals surface area contributed by atoms with Crippen LogP contribution in [0.3, 0.4) is 0 Å². The summed E-state index contributed by atoms with van der Waals surface area (Å²) >= 11 is 0. The third kappa shape index (κ3) is 12.3. The lowest BCUT2D eigenvalue weighted by atomic mass is 9.71. The Balaban J connectivity index is 1.55. The molecule has 0 bridgehead atoms. The van der Waals surface area contributed by atoms with E-state index in [4.69, 9.17) is 39.9 Å². The zero-order chi connectivity index (χ0) is 41.8. The van der Waals surface area contributed by atoms with Crippen molar-refractivity contribution in [2.24, 2.45) is 27.8 Å². The molecule has 0 radical (unpaired) electrons. The number of amides is 1. The Morgan fingerprint density at radius 1 is 1.05 bits per heavy atom. The van der Waals surface area contributed by atoms with E-state index in [0.29, 0.717) is 25.8 Å². The number of carboxylic acid groups (broad SMARTS) is 1. The van der Waals surface area contributed by atoms with Crippen molar-refractivity contribution >= 4 is 17.8 Å². The van der Waals surface area contributed by atoms with Gasteiger partial charge in [0.05, 0.1) is 36.6 Å². The lowest BCUT2D eigenvalue weighted by Gasteiger charge is -2.55. The van der Waals surface area contributed by atoms with Crippen LogP contribution in [0, 0.1) is 11.3 Å². The van der Waals surface area contributed by atoms with Gasteiger partial charge >= 0.3 is 5.97 Å². The first-order valence-electron chi connectivity index (χ1n) is 19.1. The van der Waals surface area contributed by atoms with E-state index >= 15 is 0 Å². The SMILES string of the molecule is C=C1C[C@](OC)([C@H](O)C(=O)N[C@H]2OCO[C@H]3[C@@H]2O[C@H]([C@H](O)CCC[C@H](O)[C@@H](O)/C=C/C=C/CN[C@@H](CCCN=C(N)N)C(=O)O)C(C)(C)[C@@H]3OC)O[C@H](C)[C@@H]1C. The molecule has 13 atom stereocenters. The van der Waals surface area contributed by atoms with Crippen molar-refractivity contribution in [2.45, 2.75) is 139 Å². The molecule has 11 N–H and O–H groups in total. The van der Waals surface area contributed by atoms with Crippen molar-refractivity contribution < 1.29 is 63.5 Å². The van der Waals surface area contributed by atoms with E-state index in [-0.39, 0.29) is 50.6 Å². The largest absolute Gasteiger partial charge is 0.480 e. The minimum atomic E-state index is -1.75. The Hall–Kier alpha value is -3.01. The number of carboxylic acids is 1. The molecule has 3 aliphatic heterocycles. The molecule has 56 heavy (non-hydrogen) atoms. The number of aliphatic imine (C=N–C) groups is 1. The maximum Gasteiger partial charge on any atom is 0.320 e. The van der Waals surface area contributed by atoms with Crippen molar-refractivity contribution in [2.75, 3.05) is 34.1 Å². The molecule has 18 nitrogen and oxygen atoms in total. The van der Waals surface area contributed by atoms with E-state index in [1.807, 2.05) is 27.7 Å². The number of ether oxygens (including phenoxy) is 6. The lowest BCUT2D eigenvalue weighted by molar-refractivity contribution is -0.339. The highest BCUT2D eigenvalue weighted by Gasteiger charge is 2.58. The molecule has 0 spiro atoms. The molecule has 3 heterocycles. The zero-order valence-corrected chi connectivity index (χ0v) is 33.4. The molecular formula is C38H65N5O13. The normalized spacial score (nSPS) is 32.0. The predicted molar refractivity (Wildman–Crippen MR) is 205 cm³/mol. The highest BCUT2D eigenvalue weighted by Crippen LogP contribution is 2.44. The van der Waals surface area contributed by atoms with Gasteiger partial charge in [-0.3, -0.25) is 14.6 Å². The second-order valence-electron chi connectivity index (χ2n) is 15.3. The first-order chi connectivity index (χ1) is 26.4. The predicted octanol–water partition coefficient (Wildman–Crippen LogP) is -0.223. The van der Waals surface area contributed by atoms with Crippen LogP contribution in [0.5, 0.6) is 0 Å². The Bertz CT molecular complexity index is 1380. The summed E-state index contributed by atoms with van der Waals surface area (Å²) in [5, 5.41) is 58.8. The van der Waals surface area contributed by atoms with Crippen LogP contribution in [0.25, 0.3) is 0 Å². The van der Waals surface area contributed by atoms with Crippen LogP contribution in [0.2, 0.25) is 0 Å². The standard InChI is InChI=1S/C38H65N5O13/c1-21-19-38(52-7,56-23(3)22(21)2)30(47)33(48)43-34-29-28(53-20-54-34)32(51-6)37(4,5)31(55-29)27(46)16-11-15-26(45)25(44)14-9-8-10-17-41-24(35(49)50)13-12-18-42-36(39)40/h8-10,14,22-32,34,41,44-47H,1,11-13,15-20H2,2-7H3,(H,43,48)(H,49,50)(H4,39,40,42)/b10-8+,14-9+/t22-,23-,24+,25+,26+,27-,28+,29+,30-,31-,32-,34+,38-/m1/s1. The molecule has 320 valence electrons. The van der Waals surface area contributed by atoms with Crippen LogP contribution in [0.1, 0.15) is 66.2 Å². The van der Waals surface area contributed by atoms with E-state index in [9.17, 15) is 35.1 Å². The highest BCUT2D eigenvalue weighted by molar-refractivity contribution is 5.82. The van der Waals surface area contributed by atoms with Crippen molar-refractivity contribution in [3.63, 3.8) is 0 Å². The third-order valence-corrected chi connectivity index (χ3v) is 11.0. The quantitative estimate of drug-likeness (QED) is 0.0239. The first-order valence-corrected chi connectivity index (χ1v) is 19.1. The second kappa shape index (κ2) is 21.7. The summed E-state index contributed by atoms with van der Waals surface area (Å²) in [5.74, 6) is -3.52. The van der Waals surface area contributed by atoms with Crippen molar-refractivity contribution in [3.05, 3.63) is 36.5 Å². The van der Waals surface area contributed by atoms with Gasteiger partial charge in [0.25, 0.3) is 5.91 Å². The van der Waals surface area contributed by atoms with Crippen LogP contribution < -0.4 is 22.1 Å². The number of aliphatic hydroxyl groups excluding tert-OH is 4. The summed E-state index contributed by atoms with van der Waals surface area (Å²) in [5.41, 5.74) is 10.6. The molecule has 3 fully saturated rings. The molecule has 0 aromatic rings. The van der Waals surface area contributed by atoms with E-state index < -0.39 is 84.2 Å². The van der Waals surface area contributed by atoms with Crippen molar-refractivity contribution in [1.29, 1.82) is 0 Å². The second-order valence-corrected chi connectivity index (χ2v) is 15.3. The number of nitrogens with two attached hydrogens (primary N) is 2. The van der Waals surface area contributed by atoms with Gasteiger partial charge < -0.3 is 76.1 Å². The summed E-state index contributed by atoms with van der Waals surface area (Å²) < 4.78 is 35.6. The number of hydrogen-bond acceptors (Lipinski definition) is 14. The number of carbonyl (C=O) groups excluding carboxylic acids is 1. The third-order valence-electron chi connectivity index (χ3n) is 11.0. The molecule has 0 unspecified atom stereocenters. The number of nitrogens with one attached hydrogen (secondary N) is 2. The van der Waals surface area contributed by atoms with Gasteiger partial charge in [-0.2, -0.15) is 0 Å². The molecule has 3 saturated heterocycles. The lowest BCUT2D eigenvalue weighted by Crippen LogP contribution is -2.70. The Labute approximate surface area is 329 Å². The van der Waals surface area contributed by atoms with Crippen molar-refractivity contribution in [1.82, 2.24) is 10.6 Å². The number of hydrogen-bond donors (Lipinski definition) is 9. The maximum atomic E-state index is 13.5. The number of rotatable bonds is 21. The molecule has 0 saturated carbocycles. The number of aliphatic hydroxyl groups is 4. The number of nitrogens with zero attached hydrogens (tertiary/aromatic N) is 1. The molecule has 3 rings (SSSR count). The van der Waals surface area contributed by atoms with Gasteiger partial charge in [-0.15, -0.1) is 0 Å². The highest BCUT2D eigenvalue weighted by atomic mass is 16.7. The van der Waals surface area contributed by atoms with E-state index in [1.54, 1.807) is 18.2 Å². The summed E-state index contributed by atoms with van der Waals surface area (Å²) in [6.45, 7) is 12.0. The number of aliphatic carboxylic acids is 1. The first kappa shape index (κ1) is 47.4. The van der Waals surface area contributed by atoms with Crippen LogP contribution in [0.15, 0.2) is 41.4 Å². The summed E-state index contributed by atoms with van der Waals surface area (Å²) in [7, 11) is 2.88. The molecule has 3 aliphatic rings. The number of fused-ring (bicyclic) bond motifs is 1. The fourth-order valence-electron chi connectivity index (χ4n) is 7.46. The van der Waals surface area contributed by atoms with Crippen LogP contribution in [0.4, 0.5) is 0 Å². The molecule has 0 aromatic heterocycles. The molecular weight excluding hydrogens is 734 g/mol. The smallest absolute Gasteiger partial charge is 0.320 e. The fraction of sp³-hybridized carbons (Fsp3) is 0.763. The van der Waals surface area contributed by atoms with Gasteiger partial charge in [-0.25, -0.2) is 0 Å². The van der Waals surface area contributed by atoms with Gasteiger partial charge in [-0.1, -0.05) is 57.2 Å². The topological polar surface area (TPSA) is 279 Å². The Morgan fingerprint density at radius 2 is 1.77 bits per heavy atom. The average Bonchev–Trinajstić information content (AvgIpc) is 3.14. The summed E-state index contributed by atoms with van der Waals surface area (Å²) in [6, 6.07) is -0.780. The molecule has 0 aromatic carbocycles. The number of carbonyl (C=O) groups is 2. The van der Waals surface area contributed by atoms with Crippen LogP contribution in [-0.2, 0) is 38.0 Å². The molecule has 1 amide bonds. The minimum absolute atomic E-state index is 0.00318. The monoisotopic (exact) mass is 799 g/mol. The van der Waals surface area contributed by atoms with Gasteiger partial charge in [0, 0.05) is 45.1 Å². The van der Waals surface area contributed by atoms with E-state index in [0.717, 1.165) is 5.57 Å². The van der Waals surface area contributed by atoms with E-state index in [2.05, 4.69) is 22.2 Å². The van der Waals surface area contributed by atoms with Gasteiger partial charge in [0.1, 0.15) is 25.0 Å². The summed E-state index contributed by atoms with van der Waals surface area (Å²) in [4.78, 5) is 28.8. The van der Waals surface area contributed by atoms with Crippen molar-refractivity contribution in [3.8, 4) is 0 Å². The number of guanidine groups is 1. The fourth-order valence-corrected chi connectivity index (χ4v) is 7.46. The molecule has 18 heteroatoms. The summed E-state index contributed by atoms with van der Waals surface area (Å²) in [6.07, 6.45) is -1.75. The van der Waals surface area contributed by atoms with Gasteiger partial charge in [0.15, 0.2) is 18.3 Å². The molecule has 0 aliphatic carbocycles. The number of methoxy groups -OCH3 is 2. The Kier molecular flexibility index (Phi) is 18.3. The zero-order valence-electron chi connectivity index (χ0n) is 33.4. The number of allylic oxidation sites excluding steroid dienone is 2. The van der Waals surface area contributed by atoms with Gasteiger partial charge in [-0.05, 0) is 39.0 Å². The average molecular weight is 800 g/mol. The van der Waals surface area contributed by atoms with Gasteiger partial charge in [0.2, 0.25) is 5.79 Å². The van der Waals surface area contributed by atoms with Crippen LogP contribution >= 0.6 is 0 Å². The minimum Gasteiger partial charge on any atom is -0.480 e.